The predicted octanol–water partition coefficient (Wildman–Crippen LogP) is 4.99. The monoisotopic (exact) mass is 317 g/mol. The van der Waals surface area contributed by atoms with Crippen molar-refractivity contribution in [2.75, 3.05) is 13.1 Å². The van der Waals surface area contributed by atoms with Crippen LogP contribution in [0.4, 0.5) is 13.2 Å². The Morgan fingerprint density at radius 1 is 0.870 bits per heavy atom. The molecule has 0 radical (unpaired) electrons. The lowest BCUT2D eigenvalue weighted by Crippen LogP contribution is -2.35. The molecule has 2 atom stereocenters. The van der Waals surface area contributed by atoms with Crippen LogP contribution >= 0.6 is 0 Å². The molecule has 0 N–H and O–H groups in total. The molecule has 1 fully saturated rings. The highest BCUT2D eigenvalue weighted by Gasteiger charge is 2.40. The van der Waals surface area contributed by atoms with Gasteiger partial charge in [0.1, 0.15) is 0 Å². The van der Waals surface area contributed by atoms with Crippen molar-refractivity contribution in [1.82, 2.24) is 4.90 Å². The number of fused-ring (bicyclic) bond motifs is 3. The van der Waals surface area contributed by atoms with Gasteiger partial charge in [0.05, 0.1) is 5.56 Å². The molecule has 0 aromatic heterocycles. The Morgan fingerprint density at radius 3 is 2.26 bits per heavy atom. The van der Waals surface area contributed by atoms with E-state index in [1.54, 1.807) is 12.1 Å². The number of benzene rings is 2. The zero-order valence-corrected chi connectivity index (χ0v) is 12.7. The average Bonchev–Trinajstić information content (AvgIpc) is 3.02. The molecule has 0 unspecified atom stereocenters. The summed E-state index contributed by atoms with van der Waals surface area (Å²) in [6.45, 7) is 1.65. The van der Waals surface area contributed by atoms with Gasteiger partial charge in [-0.1, -0.05) is 42.5 Å². The van der Waals surface area contributed by atoms with Crippen molar-refractivity contribution >= 4 is 0 Å². The summed E-state index contributed by atoms with van der Waals surface area (Å²) in [6.07, 6.45) is -2.09. The SMILES string of the molecule is FC(F)(F)c1ccccc1[C@@H]1CN2CCC[C@H]2c2ccccc21. The lowest BCUT2D eigenvalue weighted by atomic mass is 9.80. The number of hydrogen-bond donors (Lipinski definition) is 0. The number of nitrogens with zero attached hydrogens (tertiary/aromatic N) is 1. The van der Waals surface area contributed by atoms with Gasteiger partial charge in [-0.15, -0.1) is 0 Å². The van der Waals surface area contributed by atoms with Gasteiger partial charge in [-0.05, 0) is 42.1 Å². The molecule has 4 rings (SSSR count). The zero-order valence-electron chi connectivity index (χ0n) is 12.7. The minimum atomic E-state index is -4.31. The Kier molecular flexibility index (Phi) is 3.45. The van der Waals surface area contributed by atoms with Gasteiger partial charge in [0.15, 0.2) is 0 Å². The van der Waals surface area contributed by atoms with Gasteiger partial charge in [-0.2, -0.15) is 13.2 Å². The first kappa shape index (κ1) is 14.8. The Morgan fingerprint density at radius 2 is 1.52 bits per heavy atom. The van der Waals surface area contributed by atoms with E-state index in [4.69, 9.17) is 0 Å². The van der Waals surface area contributed by atoms with Gasteiger partial charge in [-0.25, -0.2) is 0 Å². The minimum Gasteiger partial charge on any atom is -0.295 e. The van der Waals surface area contributed by atoms with Gasteiger partial charge in [-0.3, -0.25) is 4.90 Å². The van der Waals surface area contributed by atoms with Gasteiger partial charge in [0.2, 0.25) is 0 Å². The number of rotatable bonds is 1. The fraction of sp³-hybridized carbons (Fsp3) is 0.368. The molecule has 2 heterocycles. The van der Waals surface area contributed by atoms with Crippen LogP contribution in [0.2, 0.25) is 0 Å². The smallest absolute Gasteiger partial charge is 0.295 e. The van der Waals surface area contributed by atoms with Crippen LogP contribution < -0.4 is 0 Å². The van der Waals surface area contributed by atoms with E-state index in [0.29, 0.717) is 18.2 Å². The summed E-state index contributed by atoms with van der Waals surface area (Å²) in [5, 5.41) is 0. The Balaban J connectivity index is 1.86. The molecule has 0 amide bonds. The molecule has 2 aliphatic heterocycles. The first-order valence-electron chi connectivity index (χ1n) is 8.04. The van der Waals surface area contributed by atoms with Crippen LogP contribution in [0.1, 0.15) is 47.1 Å². The minimum absolute atomic E-state index is 0.210. The van der Waals surface area contributed by atoms with Crippen molar-refractivity contribution in [2.24, 2.45) is 0 Å². The number of halogens is 3. The maximum Gasteiger partial charge on any atom is 0.416 e. The summed E-state index contributed by atoms with van der Waals surface area (Å²) in [4.78, 5) is 2.35. The van der Waals surface area contributed by atoms with Crippen molar-refractivity contribution in [1.29, 1.82) is 0 Å². The molecule has 120 valence electrons. The number of hydrogen-bond acceptors (Lipinski definition) is 1. The van der Waals surface area contributed by atoms with Gasteiger partial charge < -0.3 is 0 Å². The standard InChI is InChI=1S/C19H18F3N/c20-19(21,22)17-9-4-3-7-14(17)16-12-23-11-5-10-18(23)15-8-2-1-6-13(15)16/h1-4,6-9,16,18H,5,10-12H2/t16-,18+/m1/s1. The fourth-order valence-electron chi connectivity index (χ4n) is 4.19. The van der Waals surface area contributed by atoms with Crippen molar-refractivity contribution in [3.05, 3.63) is 70.8 Å². The zero-order chi connectivity index (χ0) is 16.0. The Hall–Kier alpha value is -1.81. The van der Waals surface area contributed by atoms with E-state index in [-0.39, 0.29) is 5.92 Å². The van der Waals surface area contributed by atoms with Crippen LogP contribution in [0, 0.1) is 0 Å². The summed E-state index contributed by atoms with van der Waals surface area (Å²) in [5.74, 6) is -0.210. The predicted molar refractivity (Wildman–Crippen MR) is 83.3 cm³/mol. The van der Waals surface area contributed by atoms with Gasteiger partial charge in [0.25, 0.3) is 0 Å². The molecular weight excluding hydrogens is 299 g/mol. The summed E-state index contributed by atoms with van der Waals surface area (Å²) in [7, 11) is 0. The lowest BCUT2D eigenvalue weighted by molar-refractivity contribution is -0.138. The summed E-state index contributed by atoms with van der Waals surface area (Å²) in [5.41, 5.74) is 2.17. The molecule has 2 aliphatic rings. The van der Waals surface area contributed by atoms with E-state index < -0.39 is 11.7 Å². The highest BCUT2D eigenvalue weighted by molar-refractivity contribution is 5.46. The number of alkyl halides is 3. The third kappa shape index (κ3) is 2.45. The van der Waals surface area contributed by atoms with E-state index in [2.05, 4.69) is 11.0 Å². The maximum absolute atomic E-state index is 13.4. The molecule has 0 saturated carbocycles. The van der Waals surface area contributed by atoms with Crippen LogP contribution in [0.5, 0.6) is 0 Å². The molecular formula is C19H18F3N. The maximum atomic E-state index is 13.4. The summed E-state index contributed by atoms with van der Waals surface area (Å²) in [6, 6.07) is 14.4. The molecule has 1 nitrogen and oxygen atoms in total. The highest BCUT2D eigenvalue weighted by atomic mass is 19.4. The van der Waals surface area contributed by atoms with Gasteiger partial charge in [0, 0.05) is 18.5 Å². The molecule has 2 aromatic carbocycles. The molecule has 2 aromatic rings. The summed E-state index contributed by atoms with van der Waals surface area (Å²) >= 11 is 0. The normalized spacial score (nSPS) is 24.3. The second kappa shape index (κ2) is 5.38. The van der Waals surface area contributed by atoms with Crippen molar-refractivity contribution in [3.63, 3.8) is 0 Å². The third-order valence-corrected chi connectivity index (χ3v) is 5.15. The van der Waals surface area contributed by atoms with E-state index in [1.807, 2.05) is 18.2 Å². The van der Waals surface area contributed by atoms with Crippen molar-refractivity contribution in [2.45, 2.75) is 31.0 Å². The van der Waals surface area contributed by atoms with Crippen molar-refractivity contribution in [3.8, 4) is 0 Å². The van der Waals surface area contributed by atoms with Gasteiger partial charge >= 0.3 is 6.18 Å². The molecule has 4 heteroatoms. The van der Waals surface area contributed by atoms with Crippen LogP contribution in [-0.4, -0.2) is 18.0 Å². The largest absolute Gasteiger partial charge is 0.416 e. The van der Waals surface area contributed by atoms with Crippen LogP contribution in [0.25, 0.3) is 0 Å². The molecule has 23 heavy (non-hydrogen) atoms. The van der Waals surface area contributed by atoms with Crippen LogP contribution in [-0.2, 0) is 6.18 Å². The molecule has 0 spiro atoms. The van der Waals surface area contributed by atoms with Crippen LogP contribution in [0.15, 0.2) is 48.5 Å². The van der Waals surface area contributed by atoms with E-state index in [9.17, 15) is 13.2 Å². The average molecular weight is 317 g/mol. The molecule has 0 aliphatic carbocycles. The second-order valence-electron chi connectivity index (χ2n) is 6.42. The first-order chi connectivity index (χ1) is 11.1. The first-order valence-corrected chi connectivity index (χ1v) is 8.04. The van der Waals surface area contributed by atoms with E-state index >= 15 is 0 Å². The third-order valence-electron chi connectivity index (χ3n) is 5.15. The molecule has 1 saturated heterocycles. The molecule has 0 bridgehead atoms. The van der Waals surface area contributed by atoms with Crippen LogP contribution in [0.3, 0.4) is 0 Å². The summed E-state index contributed by atoms with van der Waals surface area (Å²) < 4.78 is 40.3. The quantitative estimate of drug-likeness (QED) is 0.716. The van der Waals surface area contributed by atoms with Crippen molar-refractivity contribution < 1.29 is 13.2 Å². The Bertz CT molecular complexity index is 723. The highest BCUT2D eigenvalue weighted by Crippen LogP contribution is 2.46. The topological polar surface area (TPSA) is 3.24 Å². The lowest BCUT2D eigenvalue weighted by Gasteiger charge is -2.38. The van der Waals surface area contributed by atoms with E-state index in [1.165, 1.54) is 17.7 Å². The fourth-order valence-corrected chi connectivity index (χ4v) is 4.19. The Labute approximate surface area is 133 Å². The second-order valence-corrected chi connectivity index (χ2v) is 6.42. The van der Waals surface area contributed by atoms with E-state index in [0.717, 1.165) is 24.9 Å².